The van der Waals surface area contributed by atoms with Gasteiger partial charge in [-0.3, -0.25) is 14.8 Å². The minimum atomic E-state index is -0.138. The highest BCUT2D eigenvalue weighted by molar-refractivity contribution is 6.14. The van der Waals surface area contributed by atoms with Gasteiger partial charge in [0.05, 0.1) is 50.4 Å². The molecule has 17 heteroatoms. The van der Waals surface area contributed by atoms with E-state index in [2.05, 4.69) is 360 Å². The number of aromatic nitrogens is 12. The van der Waals surface area contributed by atoms with Crippen LogP contribution in [0.4, 0.5) is 17.1 Å². The fourth-order valence-corrected chi connectivity index (χ4v) is 20.2. The Hall–Kier alpha value is -18.6. The van der Waals surface area contributed by atoms with E-state index >= 15 is 0 Å². The Balaban J connectivity index is 0.000000113. The molecular formula is C121H84N16O. The van der Waals surface area contributed by atoms with E-state index in [4.69, 9.17) is 36.7 Å². The number of ketones is 1. The Bertz CT molecular complexity index is 9280. The van der Waals surface area contributed by atoms with Crippen LogP contribution in [0.15, 0.2) is 443 Å². The zero-order valence-corrected chi connectivity index (χ0v) is 75.0. The number of nitrogens with two attached hydrogens (primary N) is 2. The Morgan fingerprint density at radius 2 is 0.870 bits per heavy atom. The minimum Gasteiger partial charge on any atom is -0.396 e. The highest BCUT2D eigenvalue weighted by Gasteiger charge is 2.37. The molecule has 0 amide bonds. The number of nitrogens with zero attached hydrogens (tertiary/aromatic N) is 14. The summed E-state index contributed by atoms with van der Waals surface area (Å²) in [4.78, 5) is 34.5. The normalized spacial score (nSPS) is 13.0. The molecule has 0 aliphatic carbocycles. The van der Waals surface area contributed by atoms with Gasteiger partial charge in [-0.05, 0) is 200 Å². The summed E-state index contributed by atoms with van der Waals surface area (Å²) in [5.41, 5.74) is 35.3. The van der Waals surface area contributed by atoms with Crippen molar-refractivity contribution >= 4 is 134 Å². The maximum absolute atomic E-state index is 12.7. The molecule has 0 fully saturated rings. The number of hydrogen-bond acceptors (Lipinski definition) is 12. The number of fused-ring (bicyclic) bond motifs is 17. The summed E-state index contributed by atoms with van der Waals surface area (Å²) in [5.74, 6) is 8.17. The standard InChI is InChI=1S/C52H33N5.C40H29N5.C29H22N6O/c1-3-13-34(14-4-1)39-27-40(52-53-51-32-35-15-7-8-16-38(35)33-55(51)54-52)29-42(28-39)57-48-22-12-10-20-44(48)46-31-37(24-26-50(46)57)36-23-25-49-45(30-36)43-19-9-11-21-47(43)56(49)41-17-5-2-6-18-41;1-40(2)33-13-5-7-15-35(33)44(36-16-8-6-14-34(36)40)31-23-29(28-11-9-21-41-25-28)22-30(24-31)39-42-37-20-19-27-18-17-26-10-3-4-12-32(26)38(27)45(37)43-39;30-26(25-17-22-9-4-5-10-23(22)18-34(25)31)24-11-6-16-35-29(24)32-28(33-35)21-14-12-20(13-15-21)27(36)19-7-2-1-3-8-19/h1-33H;3-25H,1-2H3;1-18H,30-31H2/b;;26-25-. The fraction of sp³-hybridized carbons (Fsp3) is 0.0248. The Labute approximate surface area is 792 Å². The molecule has 0 bridgehead atoms. The van der Waals surface area contributed by atoms with Crippen molar-refractivity contribution in [2.75, 3.05) is 4.90 Å². The van der Waals surface area contributed by atoms with E-state index in [1.807, 2.05) is 125 Å². The lowest BCUT2D eigenvalue weighted by Crippen LogP contribution is -2.38. The number of carbonyl (C=O) groups is 1. The molecular weight excluding hydrogens is 1690 g/mol. The van der Waals surface area contributed by atoms with Gasteiger partial charge in [-0.1, -0.05) is 293 Å². The third kappa shape index (κ3) is 14.2. The highest BCUT2D eigenvalue weighted by atomic mass is 16.1. The minimum absolute atomic E-state index is 0.0276. The summed E-state index contributed by atoms with van der Waals surface area (Å²) >= 11 is 0. The van der Waals surface area contributed by atoms with E-state index in [0.29, 0.717) is 45.6 Å². The van der Waals surface area contributed by atoms with Crippen LogP contribution in [0.5, 0.6) is 0 Å². The van der Waals surface area contributed by atoms with E-state index in [-0.39, 0.29) is 11.2 Å². The van der Waals surface area contributed by atoms with E-state index in [9.17, 15) is 4.79 Å². The van der Waals surface area contributed by atoms with Gasteiger partial charge >= 0.3 is 0 Å². The van der Waals surface area contributed by atoms with E-state index < -0.39 is 0 Å². The number of pyridine rings is 4. The number of benzene rings is 16. The van der Waals surface area contributed by atoms with E-state index in [0.717, 1.165) is 121 Å². The first kappa shape index (κ1) is 81.4. The van der Waals surface area contributed by atoms with Crippen LogP contribution in [0, 0.1) is 0 Å². The molecule has 27 rings (SSSR count). The SMILES string of the molecule is CC1(C)c2ccccc2N(c2cc(-c3cccnc3)cc(-c3nc4ccc5ccc6ccccc6c5n4n3)c2)c2ccccc21.N/C(=C1/C=c2ccccc2=CN1N)c1cccn2nc(-c3ccc(C(=O)c4ccccc4)cc3)nc12.c1ccc(-c2cc(-c3nc4cc5ccccc5cn4n3)cc(-n3c4ccccc4c4cc(-c5ccc6c(c5)c5ccccc5n6-c5ccccc5)ccc43)c2)cc1. The summed E-state index contributed by atoms with van der Waals surface area (Å²) in [7, 11) is 0. The topological polar surface area (TPSA) is 189 Å². The van der Waals surface area contributed by atoms with Crippen molar-refractivity contribution in [3.63, 3.8) is 0 Å². The first-order chi connectivity index (χ1) is 67.9. The molecule has 11 heterocycles. The largest absolute Gasteiger partial charge is 0.396 e. The van der Waals surface area contributed by atoms with Crippen molar-refractivity contribution in [2.24, 2.45) is 11.6 Å². The van der Waals surface area contributed by atoms with Gasteiger partial charge in [0.25, 0.3) is 0 Å². The molecule has 16 aromatic carbocycles. The number of allylic oxidation sites excluding steroid dienone is 1. The molecule has 17 nitrogen and oxygen atoms in total. The zero-order chi connectivity index (χ0) is 92.2. The highest BCUT2D eigenvalue weighted by Crippen LogP contribution is 2.53. The second-order valence-corrected chi connectivity index (χ2v) is 35.6. The molecule has 25 aromatic rings. The van der Waals surface area contributed by atoms with Crippen molar-refractivity contribution in [1.82, 2.24) is 62.9 Å². The van der Waals surface area contributed by atoms with Crippen LogP contribution in [0.25, 0.3) is 190 Å². The third-order valence-electron chi connectivity index (χ3n) is 26.9. The summed E-state index contributed by atoms with van der Waals surface area (Å²) in [6, 6.07) is 143. The molecule has 138 heavy (non-hydrogen) atoms. The molecule has 0 radical (unpaired) electrons. The van der Waals surface area contributed by atoms with Crippen LogP contribution < -0.4 is 26.9 Å². The predicted octanol–water partition coefficient (Wildman–Crippen LogP) is 25.6. The maximum Gasteiger partial charge on any atom is 0.193 e. The second kappa shape index (κ2) is 33.3. The van der Waals surface area contributed by atoms with Gasteiger partial charge in [-0.25, -0.2) is 34.3 Å². The molecule has 0 atom stereocenters. The van der Waals surface area contributed by atoms with Crippen molar-refractivity contribution in [3.8, 4) is 78.9 Å². The smallest absolute Gasteiger partial charge is 0.193 e. The summed E-state index contributed by atoms with van der Waals surface area (Å²) < 4.78 is 10.4. The second-order valence-electron chi connectivity index (χ2n) is 35.6. The number of carbonyl (C=O) groups excluding carboxylic acids is 1. The summed E-state index contributed by atoms with van der Waals surface area (Å²) in [5, 5.41) is 29.1. The zero-order valence-electron chi connectivity index (χ0n) is 75.0. The molecule has 0 saturated carbocycles. The number of para-hydroxylation sites is 5. The maximum atomic E-state index is 12.7. The molecule has 0 unspecified atom stereocenters. The molecule has 9 aromatic heterocycles. The van der Waals surface area contributed by atoms with Crippen LogP contribution in [0.2, 0.25) is 0 Å². The van der Waals surface area contributed by atoms with Gasteiger partial charge in [0, 0.05) is 130 Å². The fourth-order valence-electron chi connectivity index (χ4n) is 20.2. The van der Waals surface area contributed by atoms with E-state index in [1.165, 1.54) is 76.6 Å². The van der Waals surface area contributed by atoms with Crippen LogP contribution >= 0.6 is 0 Å². The van der Waals surface area contributed by atoms with Gasteiger partial charge < -0.3 is 19.8 Å². The summed E-state index contributed by atoms with van der Waals surface area (Å²) in [6.45, 7) is 4.63. The Morgan fingerprint density at radius 3 is 1.57 bits per heavy atom. The van der Waals surface area contributed by atoms with Crippen molar-refractivity contribution in [3.05, 3.63) is 481 Å². The number of anilines is 3. The molecule has 654 valence electrons. The van der Waals surface area contributed by atoms with Gasteiger partial charge in [-0.2, -0.15) is 0 Å². The summed E-state index contributed by atoms with van der Waals surface area (Å²) in [6.07, 6.45) is 11.4. The quantitative estimate of drug-likeness (QED) is 0.0670. The van der Waals surface area contributed by atoms with Gasteiger partial charge in [-0.15, -0.1) is 15.3 Å². The number of rotatable bonds is 12. The Morgan fingerprint density at radius 1 is 0.348 bits per heavy atom. The van der Waals surface area contributed by atoms with Crippen LogP contribution in [-0.4, -0.2) is 68.7 Å². The molecule has 0 saturated heterocycles. The van der Waals surface area contributed by atoms with Crippen LogP contribution in [-0.2, 0) is 5.41 Å². The van der Waals surface area contributed by atoms with Crippen molar-refractivity contribution in [1.29, 1.82) is 0 Å². The van der Waals surface area contributed by atoms with Crippen LogP contribution in [0.3, 0.4) is 0 Å². The number of hydrazine groups is 1. The first-order valence-electron chi connectivity index (χ1n) is 46.1. The lowest BCUT2D eigenvalue weighted by molar-refractivity contribution is 0.103. The third-order valence-corrected chi connectivity index (χ3v) is 26.9. The molecule has 4 N–H and O–H groups in total. The molecule has 0 spiro atoms. The predicted molar refractivity (Wildman–Crippen MR) is 559 cm³/mol. The van der Waals surface area contributed by atoms with Crippen LogP contribution in [0.1, 0.15) is 46.5 Å². The monoisotopic (exact) mass is 1780 g/mol. The number of hydrogen-bond donors (Lipinski definition) is 2. The Kier molecular flexibility index (Phi) is 19.6. The lowest BCUT2D eigenvalue weighted by atomic mass is 9.73. The molecule has 2 aliphatic rings. The van der Waals surface area contributed by atoms with Gasteiger partial charge in [0.15, 0.2) is 40.2 Å². The van der Waals surface area contributed by atoms with Crippen molar-refractivity contribution < 1.29 is 4.79 Å². The van der Waals surface area contributed by atoms with E-state index in [1.54, 1.807) is 16.6 Å². The first-order valence-corrected chi connectivity index (χ1v) is 46.1. The molecule has 2 aliphatic heterocycles. The van der Waals surface area contributed by atoms with Gasteiger partial charge in [0.2, 0.25) is 0 Å². The average molecular weight is 1780 g/mol. The van der Waals surface area contributed by atoms with Gasteiger partial charge in [0.1, 0.15) is 0 Å². The lowest BCUT2D eigenvalue weighted by Gasteiger charge is -2.42. The average Bonchev–Trinajstić information content (AvgIpc) is 1.18. The van der Waals surface area contributed by atoms with Crippen molar-refractivity contribution in [2.45, 2.75) is 19.3 Å².